The molecule has 2 nitrogen and oxygen atoms in total. The molecule has 0 aliphatic carbocycles. The lowest BCUT2D eigenvalue weighted by molar-refractivity contribution is 0.494. The molecule has 0 saturated carbocycles. The summed E-state index contributed by atoms with van der Waals surface area (Å²) in [6, 6.07) is 18.1. The van der Waals surface area contributed by atoms with Crippen LogP contribution in [0.1, 0.15) is 11.3 Å². The first-order valence-electron chi connectivity index (χ1n) is 7.50. The Hall–Kier alpha value is -1.81. The maximum absolute atomic E-state index is 12.8. The molecule has 3 rings (SSSR count). The molecule has 24 heavy (non-hydrogen) atoms. The molecule has 1 aromatic heterocycles. The Morgan fingerprint density at radius 2 is 1.62 bits per heavy atom. The largest absolute Gasteiger partial charge is 0.460 e. The summed E-state index contributed by atoms with van der Waals surface area (Å²) in [5.41, 5.74) is 2.12. The van der Waals surface area contributed by atoms with Crippen LogP contribution >= 0.6 is 24.0 Å². The van der Waals surface area contributed by atoms with Gasteiger partial charge in [-0.3, -0.25) is 0 Å². The molecule has 0 atom stereocenters. The minimum absolute atomic E-state index is 0. The average Bonchev–Trinajstić information content (AvgIpc) is 3.03. The van der Waals surface area contributed by atoms with Gasteiger partial charge in [0.2, 0.25) is 0 Å². The SMILES string of the molecule is Cl.Fc1ccc(CCNCc2ccc(-c3ccc(Cl)cc3)o2)cc1. The highest BCUT2D eigenvalue weighted by Gasteiger charge is 2.04. The summed E-state index contributed by atoms with van der Waals surface area (Å²) >= 11 is 5.89. The van der Waals surface area contributed by atoms with Crippen LogP contribution in [0.5, 0.6) is 0 Å². The predicted molar refractivity (Wildman–Crippen MR) is 98.2 cm³/mol. The van der Waals surface area contributed by atoms with Crippen molar-refractivity contribution in [1.29, 1.82) is 0 Å². The van der Waals surface area contributed by atoms with Crippen LogP contribution in [0, 0.1) is 5.82 Å². The van der Waals surface area contributed by atoms with Gasteiger partial charge in [-0.05, 0) is 67.1 Å². The second-order valence-electron chi connectivity index (χ2n) is 5.33. The van der Waals surface area contributed by atoms with Gasteiger partial charge in [-0.25, -0.2) is 4.39 Å². The van der Waals surface area contributed by atoms with Crippen LogP contribution in [0.3, 0.4) is 0 Å². The van der Waals surface area contributed by atoms with E-state index in [1.54, 1.807) is 0 Å². The summed E-state index contributed by atoms with van der Waals surface area (Å²) in [5, 5.41) is 4.04. The van der Waals surface area contributed by atoms with Gasteiger partial charge < -0.3 is 9.73 Å². The van der Waals surface area contributed by atoms with Crippen molar-refractivity contribution >= 4 is 24.0 Å². The summed E-state index contributed by atoms with van der Waals surface area (Å²) in [5.74, 6) is 1.51. The molecular weight excluding hydrogens is 348 g/mol. The molecule has 0 fully saturated rings. The van der Waals surface area contributed by atoms with E-state index in [4.69, 9.17) is 16.0 Å². The van der Waals surface area contributed by atoms with Gasteiger partial charge in [0.05, 0.1) is 6.54 Å². The highest BCUT2D eigenvalue weighted by Crippen LogP contribution is 2.23. The van der Waals surface area contributed by atoms with Gasteiger partial charge in [-0.1, -0.05) is 23.7 Å². The molecule has 0 aliphatic heterocycles. The number of halogens is 3. The minimum atomic E-state index is -0.202. The van der Waals surface area contributed by atoms with Crippen LogP contribution in [0.25, 0.3) is 11.3 Å². The topological polar surface area (TPSA) is 25.2 Å². The zero-order chi connectivity index (χ0) is 16.1. The number of hydrogen-bond donors (Lipinski definition) is 1. The van der Waals surface area contributed by atoms with Crippen molar-refractivity contribution in [3.05, 3.63) is 82.8 Å². The van der Waals surface area contributed by atoms with Crippen molar-refractivity contribution in [2.45, 2.75) is 13.0 Å². The van der Waals surface area contributed by atoms with E-state index in [1.807, 2.05) is 48.5 Å². The first kappa shape index (κ1) is 18.5. The van der Waals surface area contributed by atoms with Gasteiger partial charge in [0, 0.05) is 10.6 Å². The lowest BCUT2D eigenvalue weighted by Crippen LogP contribution is -2.16. The van der Waals surface area contributed by atoms with Crippen LogP contribution < -0.4 is 5.32 Å². The molecule has 3 aromatic rings. The van der Waals surface area contributed by atoms with Crippen molar-refractivity contribution in [2.24, 2.45) is 0 Å². The van der Waals surface area contributed by atoms with Crippen molar-refractivity contribution in [3.63, 3.8) is 0 Å². The first-order valence-corrected chi connectivity index (χ1v) is 7.88. The van der Waals surface area contributed by atoms with Crippen molar-refractivity contribution in [1.82, 2.24) is 5.32 Å². The molecule has 0 amide bonds. The van der Waals surface area contributed by atoms with E-state index in [0.29, 0.717) is 11.6 Å². The Bertz CT molecular complexity index is 754. The maximum Gasteiger partial charge on any atom is 0.134 e. The molecule has 0 unspecified atom stereocenters. The van der Waals surface area contributed by atoms with Gasteiger partial charge in [-0.2, -0.15) is 0 Å². The van der Waals surface area contributed by atoms with Gasteiger partial charge in [0.15, 0.2) is 0 Å². The standard InChI is InChI=1S/C19H17ClFNO.ClH/c20-16-5-3-15(4-6-16)19-10-9-18(23-19)13-22-12-11-14-1-7-17(21)8-2-14;/h1-10,22H,11-13H2;1H. The fourth-order valence-corrected chi connectivity index (χ4v) is 2.46. The molecule has 1 N–H and O–H groups in total. The Morgan fingerprint density at radius 1 is 0.917 bits per heavy atom. The summed E-state index contributed by atoms with van der Waals surface area (Å²) in [6.07, 6.45) is 0.852. The van der Waals surface area contributed by atoms with Gasteiger partial charge >= 0.3 is 0 Å². The lowest BCUT2D eigenvalue weighted by Gasteiger charge is -2.03. The fraction of sp³-hybridized carbons (Fsp3) is 0.158. The van der Waals surface area contributed by atoms with Crippen LogP contribution in [0.15, 0.2) is 65.1 Å². The van der Waals surface area contributed by atoms with E-state index in [1.165, 1.54) is 12.1 Å². The van der Waals surface area contributed by atoms with Crippen LogP contribution in [-0.2, 0) is 13.0 Å². The first-order chi connectivity index (χ1) is 11.2. The molecule has 5 heteroatoms. The number of rotatable bonds is 6. The van der Waals surface area contributed by atoms with Crippen molar-refractivity contribution in [2.75, 3.05) is 6.54 Å². The lowest BCUT2D eigenvalue weighted by atomic mass is 10.1. The number of hydrogen-bond acceptors (Lipinski definition) is 2. The summed E-state index contributed by atoms with van der Waals surface area (Å²) < 4.78 is 18.6. The van der Waals surface area contributed by atoms with Gasteiger partial charge in [-0.15, -0.1) is 12.4 Å². The third-order valence-electron chi connectivity index (χ3n) is 3.59. The molecule has 0 spiro atoms. The normalized spacial score (nSPS) is 10.4. The van der Waals surface area contributed by atoms with E-state index >= 15 is 0 Å². The second kappa shape index (κ2) is 8.88. The Labute approximate surface area is 152 Å². The average molecular weight is 366 g/mol. The third kappa shape index (κ3) is 5.10. The minimum Gasteiger partial charge on any atom is -0.460 e. The molecule has 1 heterocycles. The van der Waals surface area contributed by atoms with E-state index in [9.17, 15) is 4.39 Å². The van der Waals surface area contributed by atoms with Crippen LogP contribution in [-0.4, -0.2) is 6.54 Å². The summed E-state index contributed by atoms with van der Waals surface area (Å²) in [4.78, 5) is 0. The molecular formula is C19H18Cl2FNO. The van der Waals surface area contributed by atoms with Crippen LogP contribution in [0.4, 0.5) is 4.39 Å². The van der Waals surface area contributed by atoms with Crippen molar-refractivity contribution in [3.8, 4) is 11.3 Å². The van der Waals surface area contributed by atoms with E-state index in [-0.39, 0.29) is 18.2 Å². The smallest absolute Gasteiger partial charge is 0.134 e. The molecule has 2 aromatic carbocycles. The van der Waals surface area contributed by atoms with E-state index < -0.39 is 0 Å². The zero-order valence-corrected chi connectivity index (χ0v) is 14.5. The highest BCUT2D eigenvalue weighted by atomic mass is 35.5. The molecule has 0 radical (unpaired) electrons. The number of benzene rings is 2. The highest BCUT2D eigenvalue weighted by molar-refractivity contribution is 6.30. The zero-order valence-electron chi connectivity index (χ0n) is 13.0. The quantitative estimate of drug-likeness (QED) is 0.584. The molecule has 0 saturated heterocycles. The molecule has 126 valence electrons. The molecule has 0 bridgehead atoms. The van der Waals surface area contributed by atoms with Crippen LogP contribution in [0.2, 0.25) is 5.02 Å². The maximum atomic E-state index is 12.8. The van der Waals surface area contributed by atoms with Gasteiger partial charge in [0.25, 0.3) is 0 Å². The van der Waals surface area contributed by atoms with Crippen molar-refractivity contribution < 1.29 is 8.81 Å². The van der Waals surface area contributed by atoms with E-state index in [0.717, 1.165) is 35.6 Å². The third-order valence-corrected chi connectivity index (χ3v) is 3.85. The molecule has 0 aliphatic rings. The summed E-state index contributed by atoms with van der Waals surface area (Å²) in [6.45, 7) is 1.47. The number of nitrogens with one attached hydrogen (secondary N) is 1. The van der Waals surface area contributed by atoms with E-state index in [2.05, 4.69) is 5.32 Å². The fourth-order valence-electron chi connectivity index (χ4n) is 2.34. The monoisotopic (exact) mass is 365 g/mol. The summed E-state index contributed by atoms with van der Waals surface area (Å²) in [7, 11) is 0. The van der Waals surface area contributed by atoms with Gasteiger partial charge in [0.1, 0.15) is 17.3 Å². The Balaban J connectivity index is 0.00000208. The Kier molecular flexibility index (Phi) is 6.85. The predicted octanol–water partition coefficient (Wildman–Crippen LogP) is 5.49. The second-order valence-corrected chi connectivity index (χ2v) is 5.76. The Morgan fingerprint density at radius 3 is 2.33 bits per heavy atom. The number of furan rings is 1.